The standard InChI is InChI=1S/C55H109NO8/c1-3-5-7-9-10-11-12-13-14-15-16-17-18-19-20-21-22-23-24-25-26-27-28-29-30-31-32-33-34-35-36-37-38-39-40-41-43-45-51(59)56-48(49(58)44-42-8-6-4-2)47-63-55-54(62)53(61)52(60)50(46-57)64-55/h48-50,52-55,57-58,60-62H,3-47H2,1-2H3,(H,56,59). The molecule has 64 heavy (non-hydrogen) atoms. The summed E-state index contributed by atoms with van der Waals surface area (Å²) in [6.45, 7) is 3.74. The topological polar surface area (TPSA) is 149 Å². The maximum Gasteiger partial charge on any atom is 0.220 e. The molecule has 0 spiro atoms. The third-order valence-corrected chi connectivity index (χ3v) is 14.0. The summed E-state index contributed by atoms with van der Waals surface area (Å²) in [6, 6.07) is -0.709. The van der Waals surface area contributed by atoms with Crippen LogP contribution in [0.2, 0.25) is 0 Å². The molecule has 1 fully saturated rings. The van der Waals surface area contributed by atoms with Gasteiger partial charge >= 0.3 is 0 Å². The third kappa shape index (κ3) is 35.3. The van der Waals surface area contributed by atoms with Crippen molar-refractivity contribution in [1.82, 2.24) is 5.32 Å². The zero-order valence-electron chi connectivity index (χ0n) is 42.3. The van der Waals surface area contributed by atoms with Gasteiger partial charge in [0.2, 0.25) is 5.91 Å². The highest BCUT2D eigenvalue weighted by atomic mass is 16.7. The van der Waals surface area contributed by atoms with Crippen LogP contribution in [0.15, 0.2) is 0 Å². The van der Waals surface area contributed by atoms with E-state index >= 15 is 0 Å². The number of hydrogen-bond donors (Lipinski definition) is 6. The fourth-order valence-electron chi connectivity index (χ4n) is 9.46. The molecular formula is C55H109NO8. The molecular weight excluding hydrogens is 803 g/mol. The van der Waals surface area contributed by atoms with Gasteiger partial charge in [0, 0.05) is 6.42 Å². The zero-order chi connectivity index (χ0) is 46.6. The number of nitrogens with one attached hydrogen (secondary N) is 1. The van der Waals surface area contributed by atoms with E-state index in [0.29, 0.717) is 12.8 Å². The molecule has 1 rings (SSSR count). The molecule has 382 valence electrons. The van der Waals surface area contributed by atoms with Crippen LogP contribution < -0.4 is 5.32 Å². The van der Waals surface area contributed by atoms with Gasteiger partial charge in [-0.25, -0.2) is 0 Å². The number of hydrogen-bond acceptors (Lipinski definition) is 8. The molecule has 6 N–H and O–H groups in total. The Balaban J connectivity index is 1.89. The van der Waals surface area contributed by atoms with E-state index < -0.39 is 49.5 Å². The lowest BCUT2D eigenvalue weighted by Gasteiger charge is -2.40. The van der Waals surface area contributed by atoms with E-state index in [4.69, 9.17) is 9.47 Å². The number of ether oxygens (including phenoxy) is 2. The Morgan fingerprint density at radius 2 is 0.781 bits per heavy atom. The van der Waals surface area contributed by atoms with Crippen LogP contribution >= 0.6 is 0 Å². The second-order valence-corrected chi connectivity index (χ2v) is 20.1. The van der Waals surface area contributed by atoms with Crippen LogP contribution in [0, 0.1) is 0 Å². The molecule has 9 nitrogen and oxygen atoms in total. The molecule has 9 heteroatoms. The molecule has 1 aliphatic rings. The number of aliphatic hydroxyl groups is 5. The van der Waals surface area contributed by atoms with Crippen LogP contribution in [0.3, 0.4) is 0 Å². The molecule has 7 unspecified atom stereocenters. The largest absolute Gasteiger partial charge is 0.394 e. The van der Waals surface area contributed by atoms with Crippen molar-refractivity contribution in [2.24, 2.45) is 0 Å². The van der Waals surface area contributed by atoms with Crippen LogP contribution in [0.5, 0.6) is 0 Å². The number of amides is 1. The summed E-state index contributed by atoms with van der Waals surface area (Å²) < 4.78 is 11.2. The maximum absolute atomic E-state index is 12.9. The van der Waals surface area contributed by atoms with E-state index in [1.165, 1.54) is 218 Å². The molecule has 0 aromatic carbocycles. The summed E-state index contributed by atoms with van der Waals surface area (Å²) in [5, 5.41) is 53.8. The van der Waals surface area contributed by atoms with Gasteiger partial charge < -0.3 is 40.3 Å². The number of rotatable bonds is 49. The SMILES string of the molecule is CCCCCCCCCCCCCCCCCCCCCCCCCCCCCCCCCCCCCCCC(=O)NC(COC1OC(CO)C(O)C(O)C1O)C(O)CCCCCC. The predicted molar refractivity (Wildman–Crippen MR) is 268 cm³/mol. The predicted octanol–water partition coefficient (Wildman–Crippen LogP) is 13.5. The molecule has 0 bridgehead atoms. The lowest BCUT2D eigenvalue weighted by Crippen LogP contribution is -2.60. The summed E-state index contributed by atoms with van der Waals surface area (Å²) in [5.41, 5.74) is 0. The van der Waals surface area contributed by atoms with Crippen molar-refractivity contribution >= 4 is 5.91 Å². The summed E-state index contributed by atoms with van der Waals surface area (Å²) in [6.07, 6.45) is 48.3. The first-order valence-electron chi connectivity index (χ1n) is 28.2. The molecule has 0 saturated carbocycles. The van der Waals surface area contributed by atoms with E-state index in [-0.39, 0.29) is 12.5 Å². The van der Waals surface area contributed by atoms with E-state index in [1.54, 1.807) is 0 Å². The average molecular weight is 912 g/mol. The average Bonchev–Trinajstić information content (AvgIpc) is 3.29. The molecule has 1 saturated heterocycles. The van der Waals surface area contributed by atoms with Crippen LogP contribution in [0.25, 0.3) is 0 Å². The first kappa shape index (κ1) is 61.2. The van der Waals surface area contributed by atoms with E-state index in [9.17, 15) is 30.3 Å². The fourth-order valence-corrected chi connectivity index (χ4v) is 9.46. The molecule has 0 aromatic rings. The van der Waals surface area contributed by atoms with E-state index in [2.05, 4.69) is 19.2 Å². The number of unbranched alkanes of at least 4 members (excludes halogenated alkanes) is 39. The minimum Gasteiger partial charge on any atom is -0.394 e. The van der Waals surface area contributed by atoms with Crippen molar-refractivity contribution in [3.05, 3.63) is 0 Å². The molecule has 0 radical (unpaired) electrons. The molecule has 1 heterocycles. The third-order valence-electron chi connectivity index (χ3n) is 14.0. The Hall–Kier alpha value is -0.810. The van der Waals surface area contributed by atoms with Crippen molar-refractivity contribution in [2.75, 3.05) is 13.2 Å². The summed E-state index contributed by atoms with van der Waals surface area (Å²) >= 11 is 0. The molecule has 7 atom stereocenters. The Kier molecular flexibility index (Phi) is 43.9. The van der Waals surface area contributed by atoms with Gasteiger partial charge in [0.05, 0.1) is 25.4 Å². The van der Waals surface area contributed by atoms with Crippen LogP contribution in [-0.4, -0.2) is 87.5 Å². The van der Waals surface area contributed by atoms with Gasteiger partial charge in [-0.05, 0) is 12.8 Å². The Bertz CT molecular complexity index is 970. The van der Waals surface area contributed by atoms with Crippen molar-refractivity contribution in [2.45, 2.75) is 333 Å². The quantitative estimate of drug-likeness (QED) is 0.0331. The second kappa shape index (κ2) is 45.9. The number of carbonyl (C=O) groups excluding carboxylic acids is 1. The van der Waals surface area contributed by atoms with Crippen LogP contribution in [0.1, 0.15) is 290 Å². The summed E-state index contributed by atoms with van der Waals surface area (Å²) in [4.78, 5) is 12.9. The lowest BCUT2D eigenvalue weighted by molar-refractivity contribution is -0.302. The molecule has 1 amide bonds. The van der Waals surface area contributed by atoms with E-state index in [1.807, 2.05) is 0 Å². The van der Waals surface area contributed by atoms with Gasteiger partial charge in [-0.1, -0.05) is 271 Å². The number of aliphatic hydroxyl groups excluding tert-OH is 5. The van der Waals surface area contributed by atoms with Gasteiger partial charge in [-0.2, -0.15) is 0 Å². The monoisotopic (exact) mass is 912 g/mol. The first-order valence-corrected chi connectivity index (χ1v) is 28.2. The van der Waals surface area contributed by atoms with Gasteiger partial charge in [0.15, 0.2) is 6.29 Å². The highest BCUT2D eigenvalue weighted by Crippen LogP contribution is 2.23. The van der Waals surface area contributed by atoms with Crippen LogP contribution in [-0.2, 0) is 14.3 Å². The highest BCUT2D eigenvalue weighted by molar-refractivity contribution is 5.76. The maximum atomic E-state index is 12.9. The smallest absolute Gasteiger partial charge is 0.220 e. The highest BCUT2D eigenvalue weighted by Gasteiger charge is 2.44. The lowest BCUT2D eigenvalue weighted by atomic mass is 9.99. The van der Waals surface area contributed by atoms with Crippen molar-refractivity contribution in [1.29, 1.82) is 0 Å². The van der Waals surface area contributed by atoms with Crippen molar-refractivity contribution in [3.63, 3.8) is 0 Å². The minimum absolute atomic E-state index is 0.136. The second-order valence-electron chi connectivity index (χ2n) is 20.1. The van der Waals surface area contributed by atoms with Gasteiger partial charge in [-0.15, -0.1) is 0 Å². The molecule has 1 aliphatic heterocycles. The Morgan fingerprint density at radius 3 is 1.11 bits per heavy atom. The Morgan fingerprint density at radius 1 is 0.469 bits per heavy atom. The van der Waals surface area contributed by atoms with Crippen LogP contribution in [0.4, 0.5) is 0 Å². The first-order chi connectivity index (χ1) is 31.3. The van der Waals surface area contributed by atoms with Crippen molar-refractivity contribution < 1.29 is 39.8 Å². The summed E-state index contributed by atoms with van der Waals surface area (Å²) in [5.74, 6) is -0.147. The van der Waals surface area contributed by atoms with Gasteiger partial charge in [0.25, 0.3) is 0 Å². The van der Waals surface area contributed by atoms with E-state index in [0.717, 1.165) is 44.9 Å². The summed E-state index contributed by atoms with van der Waals surface area (Å²) in [7, 11) is 0. The van der Waals surface area contributed by atoms with Gasteiger partial charge in [-0.3, -0.25) is 4.79 Å². The molecule has 0 aromatic heterocycles. The zero-order valence-corrected chi connectivity index (χ0v) is 42.3. The Labute approximate surface area is 395 Å². The fraction of sp³-hybridized carbons (Fsp3) is 0.982. The molecule has 0 aliphatic carbocycles. The van der Waals surface area contributed by atoms with Gasteiger partial charge in [0.1, 0.15) is 24.4 Å². The minimum atomic E-state index is -1.55. The normalized spacial score (nSPS) is 19.9. The number of carbonyl (C=O) groups is 1. The van der Waals surface area contributed by atoms with Crippen molar-refractivity contribution in [3.8, 4) is 0 Å².